The summed E-state index contributed by atoms with van der Waals surface area (Å²) in [4.78, 5) is 10.9. The molecule has 7 heteroatoms. The second-order valence-corrected chi connectivity index (χ2v) is 5.89. The molecule has 2 aliphatic rings. The highest BCUT2D eigenvalue weighted by molar-refractivity contribution is 5.68. The number of aliphatic carboxylic acids is 1. The Balaban J connectivity index is 1.49. The van der Waals surface area contributed by atoms with Gasteiger partial charge in [-0.1, -0.05) is 6.07 Å². The number of halogens is 1. The van der Waals surface area contributed by atoms with Crippen molar-refractivity contribution < 1.29 is 33.2 Å². The van der Waals surface area contributed by atoms with Crippen molar-refractivity contribution in [2.24, 2.45) is 0 Å². The highest BCUT2D eigenvalue weighted by atomic mass is 19.1. The van der Waals surface area contributed by atoms with E-state index in [4.69, 9.17) is 24.1 Å². The number of hydrogen-bond acceptors (Lipinski definition) is 5. The fourth-order valence-corrected chi connectivity index (χ4v) is 3.04. The molecule has 0 fully saturated rings. The molecule has 0 saturated heterocycles. The lowest BCUT2D eigenvalue weighted by molar-refractivity contribution is -0.137. The standard InChI is InChI=1S/C18H15FO6/c19-12-3-11(18-16(5-12)24-9-25-18)8-22-13-1-2-14-10(4-17(20)21)7-23-15(14)6-13/h1-3,5-6,10H,4,7-9H2,(H,20,21)/t10-/m1/s1. The van der Waals surface area contributed by atoms with Gasteiger partial charge in [0, 0.05) is 29.2 Å². The van der Waals surface area contributed by atoms with E-state index in [1.54, 1.807) is 18.2 Å². The first-order valence-corrected chi connectivity index (χ1v) is 7.79. The van der Waals surface area contributed by atoms with E-state index in [1.807, 2.05) is 0 Å². The SMILES string of the molecule is O=C(O)C[C@@H]1COc2cc(OCc3cc(F)cc4c3OCO4)ccc21. The fourth-order valence-electron chi connectivity index (χ4n) is 3.04. The number of carbonyl (C=O) groups is 1. The zero-order valence-electron chi connectivity index (χ0n) is 13.2. The monoisotopic (exact) mass is 346 g/mol. The normalized spacial score (nSPS) is 17.1. The Morgan fingerprint density at radius 1 is 1.20 bits per heavy atom. The van der Waals surface area contributed by atoms with E-state index in [0.717, 1.165) is 5.56 Å². The summed E-state index contributed by atoms with van der Waals surface area (Å²) < 4.78 is 35.4. The van der Waals surface area contributed by atoms with Crippen LogP contribution < -0.4 is 18.9 Å². The van der Waals surface area contributed by atoms with Crippen LogP contribution in [0, 0.1) is 5.82 Å². The first kappa shape index (κ1) is 15.6. The van der Waals surface area contributed by atoms with E-state index in [2.05, 4.69) is 0 Å². The maximum atomic E-state index is 13.6. The molecule has 0 unspecified atom stereocenters. The van der Waals surface area contributed by atoms with Crippen LogP contribution in [0.2, 0.25) is 0 Å². The molecule has 1 atom stereocenters. The first-order chi connectivity index (χ1) is 12.1. The summed E-state index contributed by atoms with van der Waals surface area (Å²) in [6, 6.07) is 7.89. The lowest BCUT2D eigenvalue weighted by atomic mass is 9.98. The van der Waals surface area contributed by atoms with Crippen LogP contribution in [-0.2, 0) is 11.4 Å². The van der Waals surface area contributed by atoms with E-state index in [1.165, 1.54) is 12.1 Å². The number of ether oxygens (including phenoxy) is 4. The molecule has 2 aliphatic heterocycles. The zero-order valence-corrected chi connectivity index (χ0v) is 13.2. The number of fused-ring (bicyclic) bond motifs is 2. The molecule has 2 heterocycles. The van der Waals surface area contributed by atoms with Gasteiger partial charge in [0.1, 0.15) is 23.9 Å². The second kappa shape index (κ2) is 6.16. The predicted octanol–water partition coefficient (Wildman–Crippen LogP) is 3.08. The van der Waals surface area contributed by atoms with Gasteiger partial charge in [-0.25, -0.2) is 4.39 Å². The van der Waals surface area contributed by atoms with Crippen LogP contribution in [0.5, 0.6) is 23.0 Å². The Labute approximate surface area is 142 Å². The van der Waals surface area contributed by atoms with Crippen molar-refractivity contribution in [2.45, 2.75) is 18.9 Å². The average Bonchev–Trinajstić information content (AvgIpc) is 3.19. The maximum absolute atomic E-state index is 13.6. The van der Waals surface area contributed by atoms with Crippen molar-refractivity contribution in [3.05, 3.63) is 47.3 Å². The summed E-state index contributed by atoms with van der Waals surface area (Å²) in [5.41, 5.74) is 1.41. The minimum Gasteiger partial charge on any atom is -0.492 e. The number of benzene rings is 2. The Kier molecular flexibility index (Phi) is 3.83. The van der Waals surface area contributed by atoms with E-state index in [-0.39, 0.29) is 25.7 Å². The highest BCUT2D eigenvalue weighted by Gasteiger charge is 2.27. The molecular formula is C18H15FO6. The van der Waals surface area contributed by atoms with E-state index in [0.29, 0.717) is 35.2 Å². The highest BCUT2D eigenvalue weighted by Crippen LogP contribution is 2.40. The lowest BCUT2D eigenvalue weighted by Crippen LogP contribution is -2.07. The zero-order chi connectivity index (χ0) is 17.4. The van der Waals surface area contributed by atoms with Crippen molar-refractivity contribution in [3.63, 3.8) is 0 Å². The molecule has 2 aromatic carbocycles. The smallest absolute Gasteiger partial charge is 0.304 e. The molecule has 0 saturated carbocycles. The van der Waals surface area contributed by atoms with Crippen LogP contribution in [0.4, 0.5) is 4.39 Å². The topological polar surface area (TPSA) is 74.2 Å². The number of rotatable bonds is 5. The van der Waals surface area contributed by atoms with Crippen molar-refractivity contribution in [1.29, 1.82) is 0 Å². The molecule has 130 valence electrons. The van der Waals surface area contributed by atoms with Gasteiger partial charge in [0.25, 0.3) is 0 Å². The fraction of sp³-hybridized carbons (Fsp3) is 0.278. The molecule has 25 heavy (non-hydrogen) atoms. The molecule has 0 amide bonds. The van der Waals surface area contributed by atoms with Crippen molar-refractivity contribution >= 4 is 5.97 Å². The average molecular weight is 346 g/mol. The molecule has 6 nitrogen and oxygen atoms in total. The Morgan fingerprint density at radius 2 is 2.08 bits per heavy atom. The number of carboxylic acid groups (broad SMARTS) is 1. The van der Waals surface area contributed by atoms with Gasteiger partial charge in [-0.2, -0.15) is 0 Å². The third kappa shape index (κ3) is 3.05. The third-order valence-corrected chi connectivity index (χ3v) is 4.19. The van der Waals surface area contributed by atoms with Crippen LogP contribution in [0.3, 0.4) is 0 Å². The lowest BCUT2D eigenvalue weighted by Gasteiger charge is -2.10. The van der Waals surface area contributed by atoms with Crippen LogP contribution in [-0.4, -0.2) is 24.5 Å². The van der Waals surface area contributed by atoms with E-state index in [9.17, 15) is 9.18 Å². The number of hydrogen-bond donors (Lipinski definition) is 1. The minimum absolute atomic E-state index is 0.0277. The van der Waals surface area contributed by atoms with Crippen LogP contribution in [0.15, 0.2) is 30.3 Å². The molecule has 1 N–H and O–H groups in total. The second-order valence-electron chi connectivity index (χ2n) is 5.89. The van der Waals surface area contributed by atoms with Gasteiger partial charge in [-0.05, 0) is 12.1 Å². The Morgan fingerprint density at radius 3 is 2.92 bits per heavy atom. The van der Waals surface area contributed by atoms with Gasteiger partial charge < -0.3 is 24.1 Å². The van der Waals surface area contributed by atoms with E-state index >= 15 is 0 Å². The van der Waals surface area contributed by atoms with Crippen LogP contribution in [0.1, 0.15) is 23.5 Å². The molecule has 4 rings (SSSR count). The molecule has 0 radical (unpaired) electrons. The summed E-state index contributed by atoms with van der Waals surface area (Å²) in [7, 11) is 0. The summed E-state index contributed by atoms with van der Waals surface area (Å²) in [6.45, 7) is 0.512. The van der Waals surface area contributed by atoms with Crippen molar-refractivity contribution in [2.75, 3.05) is 13.4 Å². The third-order valence-electron chi connectivity index (χ3n) is 4.19. The van der Waals surface area contributed by atoms with Gasteiger partial charge in [-0.3, -0.25) is 4.79 Å². The quantitative estimate of drug-likeness (QED) is 0.897. The summed E-state index contributed by atoms with van der Waals surface area (Å²) in [5.74, 6) is 0.589. The Hall–Kier alpha value is -2.96. The molecular weight excluding hydrogens is 331 g/mol. The van der Waals surface area contributed by atoms with Gasteiger partial charge >= 0.3 is 5.97 Å². The van der Waals surface area contributed by atoms with Gasteiger partial charge in [0.15, 0.2) is 11.5 Å². The van der Waals surface area contributed by atoms with Gasteiger partial charge in [0.2, 0.25) is 6.79 Å². The molecule has 2 aromatic rings. The number of carboxylic acids is 1. The largest absolute Gasteiger partial charge is 0.492 e. The predicted molar refractivity (Wildman–Crippen MR) is 83.8 cm³/mol. The maximum Gasteiger partial charge on any atom is 0.304 e. The minimum atomic E-state index is -0.857. The molecule has 0 aromatic heterocycles. The first-order valence-electron chi connectivity index (χ1n) is 7.79. The van der Waals surface area contributed by atoms with Crippen molar-refractivity contribution in [3.8, 4) is 23.0 Å². The van der Waals surface area contributed by atoms with E-state index < -0.39 is 11.8 Å². The van der Waals surface area contributed by atoms with Gasteiger partial charge in [-0.15, -0.1) is 0 Å². The molecule has 0 aliphatic carbocycles. The Bertz CT molecular complexity index is 835. The van der Waals surface area contributed by atoms with Gasteiger partial charge in [0.05, 0.1) is 13.0 Å². The van der Waals surface area contributed by atoms with Crippen LogP contribution >= 0.6 is 0 Å². The van der Waals surface area contributed by atoms with Crippen LogP contribution in [0.25, 0.3) is 0 Å². The summed E-state index contributed by atoms with van der Waals surface area (Å²) >= 11 is 0. The summed E-state index contributed by atoms with van der Waals surface area (Å²) in [5, 5.41) is 8.93. The van der Waals surface area contributed by atoms with Crippen molar-refractivity contribution in [1.82, 2.24) is 0 Å². The molecule has 0 bridgehead atoms. The summed E-state index contributed by atoms with van der Waals surface area (Å²) in [6.07, 6.45) is 0.0277. The molecule has 0 spiro atoms.